The number of aromatic nitrogens is 1. The second-order valence-electron chi connectivity index (χ2n) is 4.58. The predicted molar refractivity (Wildman–Crippen MR) is 84.4 cm³/mol. The summed E-state index contributed by atoms with van der Waals surface area (Å²) in [5.41, 5.74) is 1.21. The molecular weight excluding hydrogens is 280 g/mol. The summed E-state index contributed by atoms with van der Waals surface area (Å²) >= 11 is 0. The molecule has 22 heavy (non-hydrogen) atoms. The van der Waals surface area contributed by atoms with Crippen LogP contribution >= 0.6 is 0 Å². The molecule has 3 rings (SSSR count). The van der Waals surface area contributed by atoms with Crippen molar-refractivity contribution in [3.05, 3.63) is 60.8 Å². The van der Waals surface area contributed by atoms with Crippen LogP contribution in [0.3, 0.4) is 0 Å². The average molecular weight is 294 g/mol. The number of para-hydroxylation sites is 1. The Labute approximate surface area is 127 Å². The first-order valence-corrected chi connectivity index (χ1v) is 6.73. The second-order valence-corrected chi connectivity index (χ2v) is 4.58. The van der Waals surface area contributed by atoms with Crippen LogP contribution in [-0.4, -0.2) is 18.2 Å². The number of hydrogen-bond acceptors (Lipinski definition) is 4. The number of anilines is 1. The fourth-order valence-corrected chi connectivity index (χ4v) is 2.11. The molecule has 0 radical (unpaired) electrons. The minimum Gasteiger partial charge on any atom is -0.497 e. The molecule has 0 spiro atoms. The number of pyridine rings is 1. The molecule has 0 aliphatic carbocycles. The van der Waals surface area contributed by atoms with E-state index >= 15 is 0 Å². The minimum absolute atomic E-state index is 0.472. The molecule has 5 heteroatoms. The molecule has 0 aliphatic rings. The Morgan fingerprint density at radius 1 is 1.05 bits per heavy atom. The highest BCUT2D eigenvalue weighted by molar-refractivity contribution is 5.99. The van der Waals surface area contributed by atoms with Crippen molar-refractivity contribution in [2.45, 2.75) is 0 Å². The molecule has 0 atom stereocenters. The molecule has 3 aromatic rings. The van der Waals surface area contributed by atoms with Gasteiger partial charge in [0.1, 0.15) is 11.5 Å². The lowest BCUT2D eigenvalue weighted by Crippen LogP contribution is -2.17. The molecular formula is C17H14N2O3. The van der Waals surface area contributed by atoms with Crippen molar-refractivity contribution >= 4 is 22.7 Å². The van der Waals surface area contributed by atoms with Crippen molar-refractivity contribution in [2.24, 2.45) is 0 Å². The van der Waals surface area contributed by atoms with Crippen LogP contribution in [0.25, 0.3) is 10.9 Å². The van der Waals surface area contributed by atoms with Gasteiger partial charge in [0.05, 0.1) is 18.3 Å². The van der Waals surface area contributed by atoms with Gasteiger partial charge in [-0.05, 0) is 24.3 Å². The predicted octanol–water partition coefficient (Wildman–Crippen LogP) is 3.85. The van der Waals surface area contributed by atoms with Gasteiger partial charge in [-0.1, -0.05) is 24.3 Å². The fourth-order valence-electron chi connectivity index (χ4n) is 2.11. The van der Waals surface area contributed by atoms with Crippen LogP contribution in [0.15, 0.2) is 60.8 Å². The SMILES string of the molecule is COc1cc(NC(=O)Oc2ccccc2)c2ncccc2c1. The van der Waals surface area contributed by atoms with Gasteiger partial charge in [0.2, 0.25) is 0 Å². The molecule has 0 bridgehead atoms. The third-order valence-electron chi connectivity index (χ3n) is 3.10. The van der Waals surface area contributed by atoms with Crippen LogP contribution < -0.4 is 14.8 Å². The third-order valence-corrected chi connectivity index (χ3v) is 3.10. The van der Waals surface area contributed by atoms with Gasteiger partial charge in [-0.2, -0.15) is 0 Å². The number of fused-ring (bicyclic) bond motifs is 1. The van der Waals surface area contributed by atoms with E-state index in [0.29, 0.717) is 22.7 Å². The summed E-state index contributed by atoms with van der Waals surface area (Å²) < 4.78 is 10.5. The second kappa shape index (κ2) is 6.13. The molecule has 0 saturated heterocycles. The summed E-state index contributed by atoms with van der Waals surface area (Å²) in [6.45, 7) is 0. The van der Waals surface area contributed by atoms with Gasteiger partial charge in [0.25, 0.3) is 0 Å². The molecule has 1 N–H and O–H groups in total. The van der Waals surface area contributed by atoms with Crippen molar-refractivity contribution in [1.82, 2.24) is 4.98 Å². The Balaban J connectivity index is 1.88. The monoisotopic (exact) mass is 294 g/mol. The molecule has 1 amide bonds. The van der Waals surface area contributed by atoms with E-state index in [2.05, 4.69) is 10.3 Å². The number of rotatable bonds is 3. The topological polar surface area (TPSA) is 60.5 Å². The molecule has 2 aromatic carbocycles. The Bertz CT molecular complexity index is 803. The molecule has 5 nitrogen and oxygen atoms in total. The number of nitrogens with zero attached hydrogens (tertiary/aromatic N) is 1. The Morgan fingerprint density at radius 3 is 2.64 bits per heavy atom. The molecule has 0 saturated carbocycles. The van der Waals surface area contributed by atoms with E-state index in [0.717, 1.165) is 5.39 Å². The van der Waals surface area contributed by atoms with Gasteiger partial charge >= 0.3 is 6.09 Å². The zero-order valence-electron chi connectivity index (χ0n) is 11.9. The standard InChI is InChI=1S/C17H14N2O3/c1-21-14-10-12-6-5-9-18-16(12)15(11-14)19-17(20)22-13-7-3-2-4-8-13/h2-11H,1H3,(H,19,20). The summed E-state index contributed by atoms with van der Waals surface area (Å²) in [6.07, 6.45) is 1.09. The lowest BCUT2D eigenvalue weighted by molar-refractivity contribution is 0.215. The lowest BCUT2D eigenvalue weighted by Gasteiger charge is -2.10. The number of carbonyl (C=O) groups is 1. The van der Waals surface area contributed by atoms with Crippen LogP contribution in [0.4, 0.5) is 10.5 Å². The van der Waals surface area contributed by atoms with E-state index < -0.39 is 6.09 Å². The first kappa shape index (κ1) is 13.9. The number of amides is 1. The number of ether oxygens (including phenoxy) is 2. The number of hydrogen-bond donors (Lipinski definition) is 1. The Hall–Kier alpha value is -3.08. The minimum atomic E-state index is -0.577. The third kappa shape index (κ3) is 2.98. The Kier molecular flexibility index (Phi) is 3.87. The van der Waals surface area contributed by atoms with Gasteiger partial charge < -0.3 is 9.47 Å². The van der Waals surface area contributed by atoms with Crippen molar-refractivity contribution in [3.8, 4) is 11.5 Å². The van der Waals surface area contributed by atoms with Crippen LogP contribution in [0.2, 0.25) is 0 Å². The average Bonchev–Trinajstić information content (AvgIpc) is 2.55. The number of nitrogens with one attached hydrogen (secondary N) is 1. The van der Waals surface area contributed by atoms with Gasteiger partial charge in [-0.3, -0.25) is 10.3 Å². The van der Waals surface area contributed by atoms with Gasteiger partial charge in [0, 0.05) is 17.6 Å². The molecule has 1 heterocycles. The van der Waals surface area contributed by atoms with Gasteiger partial charge in [0.15, 0.2) is 0 Å². The van der Waals surface area contributed by atoms with Crippen molar-refractivity contribution < 1.29 is 14.3 Å². The highest BCUT2D eigenvalue weighted by atomic mass is 16.6. The van der Waals surface area contributed by atoms with Crippen molar-refractivity contribution in [1.29, 1.82) is 0 Å². The summed E-state index contributed by atoms with van der Waals surface area (Å²) in [5.74, 6) is 1.11. The smallest absolute Gasteiger partial charge is 0.417 e. The van der Waals surface area contributed by atoms with Crippen LogP contribution in [0.1, 0.15) is 0 Å². The highest BCUT2D eigenvalue weighted by Crippen LogP contribution is 2.27. The van der Waals surface area contributed by atoms with E-state index in [9.17, 15) is 4.79 Å². The molecule has 110 valence electrons. The molecule has 1 aromatic heterocycles. The van der Waals surface area contributed by atoms with Crippen LogP contribution in [0.5, 0.6) is 11.5 Å². The maximum absolute atomic E-state index is 12.0. The van der Waals surface area contributed by atoms with Crippen molar-refractivity contribution in [2.75, 3.05) is 12.4 Å². The van der Waals surface area contributed by atoms with E-state index in [1.54, 1.807) is 43.6 Å². The van der Waals surface area contributed by atoms with E-state index in [1.807, 2.05) is 24.3 Å². The van der Waals surface area contributed by atoms with E-state index in [-0.39, 0.29) is 0 Å². The largest absolute Gasteiger partial charge is 0.497 e. The number of methoxy groups -OCH3 is 1. The molecule has 0 aliphatic heterocycles. The van der Waals surface area contributed by atoms with Crippen molar-refractivity contribution in [3.63, 3.8) is 0 Å². The lowest BCUT2D eigenvalue weighted by atomic mass is 10.2. The van der Waals surface area contributed by atoms with Crippen LogP contribution in [-0.2, 0) is 0 Å². The quantitative estimate of drug-likeness (QED) is 0.797. The zero-order chi connectivity index (χ0) is 15.4. The summed E-state index contributed by atoms with van der Waals surface area (Å²) in [6, 6.07) is 16.2. The van der Waals surface area contributed by atoms with Crippen LogP contribution in [0, 0.1) is 0 Å². The molecule has 0 fully saturated rings. The zero-order valence-corrected chi connectivity index (χ0v) is 11.9. The highest BCUT2D eigenvalue weighted by Gasteiger charge is 2.10. The Morgan fingerprint density at radius 2 is 1.86 bits per heavy atom. The molecule has 0 unspecified atom stereocenters. The maximum Gasteiger partial charge on any atom is 0.417 e. The normalized spacial score (nSPS) is 10.2. The summed E-state index contributed by atoms with van der Waals surface area (Å²) in [5, 5.41) is 3.58. The summed E-state index contributed by atoms with van der Waals surface area (Å²) in [7, 11) is 1.57. The first-order valence-electron chi connectivity index (χ1n) is 6.73. The van der Waals surface area contributed by atoms with Gasteiger partial charge in [-0.15, -0.1) is 0 Å². The number of benzene rings is 2. The van der Waals surface area contributed by atoms with E-state index in [1.165, 1.54) is 0 Å². The first-order chi connectivity index (χ1) is 10.8. The maximum atomic E-state index is 12.0. The van der Waals surface area contributed by atoms with Gasteiger partial charge in [-0.25, -0.2) is 4.79 Å². The summed E-state index contributed by atoms with van der Waals surface area (Å²) in [4.78, 5) is 16.3. The fraction of sp³-hybridized carbons (Fsp3) is 0.0588. The number of carbonyl (C=O) groups excluding carboxylic acids is 1. The van der Waals surface area contributed by atoms with E-state index in [4.69, 9.17) is 9.47 Å².